The van der Waals surface area contributed by atoms with Crippen LogP contribution in [0, 0.1) is 18.3 Å². The molecule has 1 saturated heterocycles. The second-order valence-electron chi connectivity index (χ2n) is 14.9. The summed E-state index contributed by atoms with van der Waals surface area (Å²) >= 11 is 6.49. The van der Waals surface area contributed by atoms with Gasteiger partial charge in [0, 0.05) is 31.9 Å². The van der Waals surface area contributed by atoms with Crippen LogP contribution in [-0.2, 0) is 28.8 Å². The zero-order valence-corrected chi connectivity index (χ0v) is 30.6. The number of ketones is 1. The third-order valence-electron chi connectivity index (χ3n) is 9.87. The van der Waals surface area contributed by atoms with Gasteiger partial charge in [-0.3, -0.25) is 24.0 Å². The maximum Gasteiger partial charge on any atom is 0.289 e. The van der Waals surface area contributed by atoms with Crippen LogP contribution in [0.5, 0.6) is 5.75 Å². The van der Waals surface area contributed by atoms with E-state index in [0.29, 0.717) is 29.3 Å². The van der Waals surface area contributed by atoms with E-state index in [9.17, 15) is 24.0 Å². The molecule has 4 atom stereocenters. The highest BCUT2D eigenvalue weighted by atomic mass is 35.5. The van der Waals surface area contributed by atoms with Gasteiger partial charge in [0.25, 0.3) is 5.91 Å². The molecule has 1 aromatic carbocycles. The Balaban J connectivity index is 1.63. The summed E-state index contributed by atoms with van der Waals surface area (Å²) in [5.74, 6) is -1.93. The summed E-state index contributed by atoms with van der Waals surface area (Å²) < 4.78 is 5.40. The van der Waals surface area contributed by atoms with Crippen LogP contribution in [-0.4, -0.2) is 84.5 Å². The Hall–Kier alpha value is -3.67. The Morgan fingerprint density at radius 2 is 1.82 bits per heavy atom. The molecule has 2 aliphatic heterocycles. The van der Waals surface area contributed by atoms with Crippen molar-refractivity contribution in [1.82, 2.24) is 20.9 Å². The molecule has 13 heteroatoms. The largest absolute Gasteiger partial charge is 0.495 e. The van der Waals surface area contributed by atoms with Gasteiger partial charge in [0.1, 0.15) is 17.8 Å². The van der Waals surface area contributed by atoms with Gasteiger partial charge in [0.15, 0.2) is 5.60 Å². The minimum Gasteiger partial charge on any atom is -0.495 e. The first-order valence-corrected chi connectivity index (χ1v) is 17.8. The zero-order valence-electron chi connectivity index (χ0n) is 29.9. The summed E-state index contributed by atoms with van der Waals surface area (Å²) in [6.07, 6.45) is 6.84. The molecular weight excluding hydrogens is 650 g/mol. The van der Waals surface area contributed by atoms with Gasteiger partial charge in [-0.25, -0.2) is 0 Å². The minimum atomic E-state index is -1.07. The first-order chi connectivity index (χ1) is 23.1. The van der Waals surface area contributed by atoms with Crippen molar-refractivity contribution in [2.75, 3.05) is 20.7 Å². The van der Waals surface area contributed by atoms with Crippen LogP contribution in [0.4, 0.5) is 0 Å². The number of nitrogens with one attached hydrogen (secondary N) is 3. The van der Waals surface area contributed by atoms with E-state index < -0.39 is 52.6 Å². The van der Waals surface area contributed by atoms with E-state index >= 15 is 0 Å². The highest BCUT2D eigenvalue weighted by Crippen LogP contribution is 2.41. The van der Waals surface area contributed by atoms with Gasteiger partial charge in [-0.1, -0.05) is 70.1 Å². The maximum absolute atomic E-state index is 14.6. The molecule has 0 aromatic heterocycles. The van der Waals surface area contributed by atoms with E-state index in [1.165, 1.54) is 18.4 Å². The number of amides is 4. The van der Waals surface area contributed by atoms with Crippen molar-refractivity contribution in [3.8, 4) is 5.75 Å². The summed E-state index contributed by atoms with van der Waals surface area (Å²) in [6, 6.07) is 0.581. The number of carbonyl (C=O) groups is 5. The van der Waals surface area contributed by atoms with Gasteiger partial charge >= 0.3 is 0 Å². The highest BCUT2D eigenvalue weighted by Gasteiger charge is 2.55. The zero-order chi connectivity index (χ0) is 36.1. The Bertz CT molecular complexity index is 1440. The molecular formula is C36H52ClN5O7. The van der Waals surface area contributed by atoms with Crippen molar-refractivity contribution < 1.29 is 33.5 Å². The first-order valence-electron chi connectivity index (χ1n) is 17.4. The van der Waals surface area contributed by atoms with Crippen LogP contribution < -0.4 is 20.7 Å². The average molecular weight is 702 g/mol. The summed E-state index contributed by atoms with van der Waals surface area (Å²) in [6.45, 7) is 9.36. The van der Waals surface area contributed by atoms with Crippen LogP contribution in [0.3, 0.4) is 0 Å². The Morgan fingerprint density at radius 1 is 1.12 bits per heavy atom. The molecule has 3 aliphatic rings. The van der Waals surface area contributed by atoms with Crippen molar-refractivity contribution in [1.29, 1.82) is 0 Å². The van der Waals surface area contributed by atoms with Crippen LogP contribution >= 0.6 is 11.6 Å². The molecule has 4 amide bonds. The van der Waals surface area contributed by atoms with E-state index in [-0.39, 0.29) is 37.6 Å². The van der Waals surface area contributed by atoms with Crippen molar-refractivity contribution in [2.24, 2.45) is 16.5 Å². The number of oxime groups is 1. The van der Waals surface area contributed by atoms with Crippen LogP contribution in [0.15, 0.2) is 17.3 Å². The number of methoxy groups -OCH3 is 1. The maximum atomic E-state index is 14.6. The quantitative estimate of drug-likeness (QED) is 0.276. The molecule has 2 fully saturated rings. The molecule has 0 bridgehead atoms. The second-order valence-corrected chi connectivity index (χ2v) is 15.3. The number of aryl methyl sites for hydroxylation is 1. The summed E-state index contributed by atoms with van der Waals surface area (Å²) in [7, 11) is 2.90. The Kier molecular flexibility index (Phi) is 12.4. The van der Waals surface area contributed by atoms with Gasteiger partial charge in [0.2, 0.25) is 23.5 Å². The van der Waals surface area contributed by atoms with Gasteiger partial charge < -0.3 is 30.4 Å². The standard InChI is InChI=1S/C36H52ClN5O7/c1-8-12-25(29(44)33(46)38-6)39-32(45)27-19-36(18-26(41-49-36)23-15-21(2)30(48-7)24(37)17-23)20-42(27)34(47)31(35(3,4)5)40-28(43)16-22-13-10-9-11-14-22/h15,17,22,25,27,31H,8-14,16,18-20H2,1-7H3,(H,38,46)(H,39,45)(H,40,43)/t25-,27-,31+,36+/m0/s1. The Morgan fingerprint density at radius 3 is 2.41 bits per heavy atom. The normalized spacial score (nSPS) is 22.2. The van der Waals surface area contributed by atoms with E-state index in [2.05, 4.69) is 21.1 Å². The van der Waals surface area contributed by atoms with Gasteiger partial charge in [0.05, 0.1) is 30.4 Å². The van der Waals surface area contributed by atoms with E-state index in [4.69, 9.17) is 21.2 Å². The number of hydrogen-bond donors (Lipinski definition) is 3. The summed E-state index contributed by atoms with van der Waals surface area (Å²) in [4.78, 5) is 74.6. The molecule has 1 spiro atoms. The van der Waals surface area contributed by atoms with E-state index in [0.717, 1.165) is 36.8 Å². The molecule has 1 aliphatic carbocycles. The summed E-state index contributed by atoms with van der Waals surface area (Å²) in [5.41, 5.74) is 0.410. The lowest BCUT2D eigenvalue weighted by molar-refractivity contribution is -0.145. The van der Waals surface area contributed by atoms with Gasteiger partial charge in [-0.15, -0.1) is 0 Å². The number of ether oxygens (including phenoxy) is 1. The molecule has 2 heterocycles. The Labute approximate surface area is 294 Å². The van der Waals surface area contributed by atoms with E-state index in [1.54, 1.807) is 13.2 Å². The number of hydrogen-bond acceptors (Lipinski definition) is 8. The predicted octanol–water partition coefficient (Wildman–Crippen LogP) is 4.22. The van der Waals surface area contributed by atoms with Crippen LogP contribution in [0.2, 0.25) is 5.02 Å². The SMILES string of the molecule is CCC[C@H](NC(=O)[C@@H]1C[C@]2(CC(c3cc(C)c(OC)c(Cl)c3)=NO2)CN1C(=O)[C@@H](NC(=O)CC1CCCCC1)C(C)(C)C)C(=O)C(=O)NC. The molecule has 0 radical (unpaired) electrons. The molecule has 1 aromatic rings. The van der Waals surface area contributed by atoms with E-state index in [1.807, 2.05) is 40.7 Å². The van der Waals surface area contributed by atoms with Crippen LogP contribution in [0.1, 0.15) is 103 Å². The molecule has 270 valence electrons. The highest BCUT2D eigenvalue weighted by molar-refractivity contribution is 6.38. The van der Waals surface area contributed by atoms with Crippen molar-refractivity contribution in [2.45, 2.75) is 123 Å². The number of nitrogens with zero attached hydrogens (tertiary/aromatic N) is 2. The van der Waals surface area contributed by atoms with Crippen molar-refractivity contribution >= 4 is 46.7 Å². The monoisotopic (exact) mass is 701 g/mol. The predicted molar refractivity (Wildman–Crippen MR) is 186 cm³/mol. The van der Waals surface area contributed by atoms with Crippen molar-refractivity contribution in [3.63, 3.8) is 0 Å². The molecule has 1 saturated carbocycles. The lowest BCUT2D eigenvalue weighted by Gasteiger charge is -2.36. The number of halogens is 1. The smallest absolute Gasteiger partial charge is 0.289 e. The number of likely N-dealkylation sites (tertiary alicyclic amines) is 1. The number of Topliss-reactive ketones (excluding diaryl/α,β-unsaturated/α-hetero) is 1. The fourth-order valence-corrected chi connectivity index (χ4v) is 7.58. The lowest BCUT2D eigenvalue weighted by Crippen LogP contribution is -2.59. The average Bonchev–Trinajstić information content (AvgIpc) is 3.65. The van der Waals surface area contributed by atoms with Crippen molar-refractivity contribution in [3.05, 3.63) is 28.3 Å². The molecule has 12 nitrogen and oxygen atoms in total. The molecule has 3 N–H and O–H groups in total. The van der Waals surface area contributed by atoms with Gasteiger partial charge in [-0.05, 0) is 55.2 Å². The fraction of sp³-hybridized carbons (Fsp3) is 0.667. The number of rotatable bonds is 12. The summed E-state index contributed by atoms with van der Waals surface area (Å²) in [5, 5.41) is 12.9. The number of carbonyl (C=O) groups excluding carboxylic acids is 5. The lowest BCUT2D eigenvalue weighted by atomic mass is 9.84. The van der Waals surface area contributed by atoms with Crippen LogP contribution in [0.25, 0.3) is 0 Å². The fourth-order valence-electron chi connectivity index (χ4n) is 7.23. The third kappa shape index (κ3) is 8.93. The number of likely N-dealkylation sites (N-methyl/N-ethyl adjacent to an activating group) is 1. The first kappa shape index (κ1) is 38.1. The van der Waals surface area contributed by atoms with Gasteiger partial charge in [-0.2, -0.15) is 0 Å². The third-order valence-corrected chi connectivity index (χ3v) is 10.2. The second kappa shape index (κ2) is 15.9. The minimum absolute atomic E-state index is 0.0205. The number of benzene rings is 1. The molecule has 0 unspecified atom stereocenters. The topological polar surface area (TPSA) is 156 Å². The molecule has 4 rings (SSSR count). The molecule has 49 heavy (non-hydrogen) atoms.